The lowest BCUT2D eigenvalue weighted by Crippen LogP contribution is -2.51. The number of aromatic amines is 1. The number of ether oxygens (including phenoxy) is 2. The normalized spacial score (nSPS) is 18.7. The average molecular weight is 781 g/mol. The van der Waals surface area contributed by atoms with Gasteiger partial charge in [0.15, 0.2) is 5.82 Å². The number of imidazole rings is 2. The van der Waals surface area contributed by atoms with Gasteiger partial charge in [0, 0.05) is 18.7 Å². The Hall–Kier alpha value is -5.86. The molecule has 0 saturated carbocycles. The standard InChI is InChI=1S/C42H52N8O7/c1-6-30(45-41(53)56-4)39(51)49-21-9-13-34(49)38-46-36-29-19-18-27(22-28(29)10-7-11-32(36)50(38)55)25-14-16-26(17-15-25)31-23-43-37(44-31)33-12-8-20-48(33)40(52)35(24(2)3)47-42(54)57-5/h14-19,22-24,30,33-35,55H,6-13,20-21H2,1-5H3,(H,43,44)(H,45,53)(H,47,54)/t30-,33-,34-,35-/m0/s1. The topological polar surface area (TPSA) is 184 Å². The summed E-state index contributed by atoms with van der Waals surface area (Å²) < 4.78 is 10.7. The van der Waals surface area contributed by atoms with Crippen molar-refractivity contribution in [3.63, 3.8) is 0 Å². The van der Waals surface area contributed by atoms with Crippen LogP contribution in [0.5, 0.6) is 0 Å². The first-order chi connectivity index (χ1) is 27.5. The van der Waals surface area contributed by atoms with Gasteiger partial charge in [-0.2, -0.15) is 4.73 Å². The zero-order valence-electron chi connectivity index (χ0n) is 33.2. The van der Waals surface area contributed by atoms with E-state index in [2.05, 4.69) is 63.1 Å². The molecule has 0 bridgehead atoms. The van der Waals surface area contributed by atoms with Gasteiger partial charge in [-0.1, -0.05) is 63.2 Å². The number of nitrogens with one attached hydrogen (secondary N) is 3. The van der Waals surface area contributed by atoms with E-state index in [9.17, 15) is 24.4 Å². The molecule has 1 aliphatic carbocycles. The summed E-state index contributed by atoms with van der Waals surface area (Å²) in [6.07, 6.45) is 6.25. The Kier molecular flexibility index (Phi) is 11.5. The maximum Gasteiger partial charge on any atom is 0.407 e. The summed E-state index contributed by atoms with van der Waals surface area (Å²) in [7, 11) is 2.56. The molecular weight excluding hydrogens is 729 g/mol. The molecular formula is C42H52N8O7. The number of amides is 4. The fourth-order valence-electron chi connectivity index (χ4n) is 8.50. The van der Waals surface area contributed by atoms with Crippen LogP contribution >= 0.6 is 0 Å². The van der Waals surface area contributed by atoms with Gasteiger partial charge in [-0.25, -0.2) is 19.6 Å². The van der Waals surface area contributed by atoms with Gasteiger partial charge < -0.3 is 40.1 Å². The van der Waals surface area contributed by atoms with Gasteiger partial charge in [0.05, 0.1) is 49.6 Å². The molecule has 302 valence electrons. The van der Waals surface area contributed by atoms with Crippen molar-refractivity contribution in [2.24, 2.45) is 5.92 Å². The molecule has 0 radical (unpaired) electrons. The van der Waals surface area contributed by atoms with E-state index >= 15 is 0 Å². The van der Waals surface area contributed by atoms with Crippen molar-refractivity contribution in [3.8, 4) is 33.6 Å². The minimum Gasteiger partial charge on any atom is -0.453 e. The van der Waals surface area contributed by atoms with Crippen LogP contribution in [-0.4, -0.2) is 98.1 Å². The molecule has 2 aromatic carbocycles. The molecule has 2 fully saturated rings. The third-order valence-electron chi connectivity index (χ3n) is 11.6. The summed E-state index contributed by atoms with van der Waals surface area (Å²) >= 11 is 0. The van der Waals surface area contributed by atoms with E-state index in [4.69, 9.17) is 14.5 Å². The highest BCUT2D eigenvalue weighted by atomic mass is 16.5. The van der Waals surface area contributed by atoms with Crippen molar-refractivity contribution in [1.29, 1.82) is 0 Å². The molecule has 2 aliphatic heterocycles. The lowest BCUT2D eigenvalue weighted by atomic mass is 9.95. The van der Waals surface area contributed by atoms with Crippen LogP contribution in [0.3, 0.4) is 0 Å². The number of methoxy groups -OCH3 is 2. The molecule has 0 unspecified atom stereocenters. The Morgan fingerprint density at radius 2 is 1.51 bits per heavy atom. The number of carbonyl (C=O) groups is 4. The summed E-state index contributed by atoms with van der Waals surface area (Å²) in [4.78, 5) is 67.7. The van der Waals surface area contributed by atoms with Crippen LogP contribution in [0, 0.1) is 5.92 Å². The Morgan fingerprint density at radius 1 is 0.860 bits per heavy atom. The molecule has 0 spiro atoms. The van der Waals surface area contributed by atoms with Crippen LogP contribution in [-0.2, 0) is 31.9 Å². The highest BCUT2D eigenvalue weighted by Crippen LogP contribution is 2.40. The fraction of sp³-hybridized carbons (Fsp3) is 0.476. The third kappa shape index (κ3) is 7.79. The van der Waals surface area contributed by atoms with Crippen molar-refractivity contribution in [1.82, 2.24) is 40.1 Å². The number of fused-ring (bicyclic) bond motifs is 3. The summed E-state index contributed by atoms with van der Waals surface area (Å²) in [6.45, 7) is 6.73. The quantitative estimate of drug-likeness (QED) is 0.137. The Balaban J connectivity index is 1.08. The number of hydrogen-bond donors (Lipinski definition) is 4. The van der Waals surface area contributed by atoms with Crippen molar-refractivity contribution in [2.75, 3.05) is 27.3 Å². The number of rotatable bonds is 10. The van der Waals surface area contributed by atoms with Crippen LogP contribution in [0.25, 0.3) is 33.6 Å². The maximum absolute atomic E-state index is 13.6. The van der Waals surface area contributed by atoms with Crippen LogP contribution in [0.15, 0.2) is 48.7 Å². The van der Waals surface area contributed by atoms with Crippen molar-refractivity contribution >= 4 is 24.0 Å². The lowest BCUT2D eigenvalue weighted by molar-refractivity contribution is -0.136. The van der Waals surface area contributed by atoms with E-state index in [1.54, 1.807) is 16.0 Å². The van der Waals surface area contributed by atoms with Gasteiger partial charge in [-0.05, 0) is 79.5 Å². The molecule has 4 amide bonds. The lowest BCUT2D eigenvalue weighted by Gasteiger charge is -2.30. The second kappa shape index (κ2) is 16.7. The number of aryl methyl sites for hydroxylation is 1. The highest BCUT2D eigenvalue weighted by molar-refractivity contribution is 5.87. The molecule has 15 heteroatoms. The van der Waals surface area contributed by atoms with Crippen molar-refractivity contribution in [3.05, 3.63) is 71.6 Å². The Labute approximate surface area is 332 Å². The predicted molar refractivity (Wildman–Crippen MR) is 211 cm³/mol. The Morgan fingerprint density at radius 3 is 2.19 bits per heavy atom. The first-order valence-electron chi connectivity index (χ1n) is 19.9. The first kappa shape index (κ1) is 39.4. The van der Waals surface area contributed by atoms with Crippen molar-refractivity contribution < 1.29 is 33.9 Å². The smallest absolute Gasteiger partial charge is 0.407 e. The molecule has 57 heavy (non-hydrogen) atoms. The van der Waals surface area contributed by atoms with E-state index in [1.807, 2.05) is 20.8 Å². The summed E-state index contributed by atoms with van der Waals surface area (Å²) in [5, 5.41) is 16.8. The van der Waals surface area contributed by atoms with Gasteiger partial charge in [0.1, 0.15) is 17.9 Å². The molecule has 15 nitrogen and oxygen atoms in total. The number of nitrogens with zero attached hydrogens (tertiary/aromatic N) is 5. The van der Waals surface area contributed by atoms with E-state index in [0.29, 0.717) is 44.0 Å². The predicted octanol–water partition coefficient (Wildman–Crippen LogP) is 6.18. The van der Waals surface area contributed by atoms with Crippen LogP contribution in [0.2, 0.25) is 0 Å². The third-order valence-corrected chi connectivity index (χ3v) is 11.6. The van der Waals surface area contributed by atoms with Gasteiger partial charge in [0.25, 0.3) is 0 Å². The second-order valence-corrected chi connectivity index (χ2v) is 15.4. The molecule has 2 aromatic heterocycles. The van der Waals surface area contributed by atoms with Gasteiger partial charge in [0.2, 0.25) is 11.8 Å². The molecule has 4 N–H and O–H groups in total. The molecule has 7 rings (SSSR count). The van der Waals surface area contributed by atoms with E-state index in [0.717, 1.165) is 77.0 Å². The first-order valence-corrected chi connectivity index (χ1v) is 19.9. The molecule has 4 heterocycles. The monoisotopic (exact) mass is 780 g/mol. The molecule has 4 atom stereocenters. The highest BCUT2D eigenvalue weighted by Gasteiger charge is 2.39. The van der Waals surface area contributed by atoms with Gasteiger partial charge in [-0.15, -0.1) is 0 Å². The zero-order valence-corrected chi connectivity index (χ0v) is 33.2. The summed E-state index contributed by atoms with van der Waals surface area (Å²) in [6, 6.07) is 12.6. The number of carbonyl (C=O) groups excluding carboxylic acids is 4. The van der Waals surface area contributed by atoms with Crippen LogP contribution in [0.1, 0.15) is 94.3 Å². The number of benzene rings is 2. The molecule has 4 aromatic rings. The zero-order chi connectivity index (χ0) is 40.4. The summed E-state index contributed by atoms with van der Waals surface area (Å²) in [5.74, 6) is 0.679. The minimum absolute atomic E-state index is 0.113. The fourth-order valence-corrected chi connectivity index (χ4v) is 8.50. The Bertz CT molecular complexity index is 2130. The van der Waals surface area contributed by atoms with Crippen LogP contribution < -0.4 is 10.6 Å². The molecule has 2 saturated heterocycles. The van der Waals surface area contributed by atoms with E-state index in [-0.39, 0.29) is 23.8 Å². The van der Waals surface area contributed by atoms with E-state index < -0.39 is 30.3 Å². The number of alkyl carbamates (subject to hydrolysis) is 2. The van der Waals surface area contributed by atoms with Crippen LogP contribution in [0.4, 0.5) is 9.59 Å². The number of H-pyrrole nitrogens is 1. The van der Waals surface area contributed by atoms with Gasteiger partial charge in [-0.3, -0.25) is 9.59 Å². The van der Waals surface area contributed by atoms with Crippen molar-refractivity contribution in [2.45, 2.75) is 96.3 Å². The number of hydrogen-bond acceptors (Lipinski definition) is 9. The maximum atomic E-state index is 13.6. The molecule has 3 aliphatic rings. The number of aromatic nitrogens is 4. The second-order valence-electron chi connectivity index (χ2n) is 15.4. The minimum atomic E-state index is -0.731. The number of likely N-dealkylation sites (tertiary alicyclic amines) is 2. The summed E-state index contributed by atoms with van der Waals surface area (Å²) in [5.41, 5.74) is 7.51. The van der Waals surface area contributed by atoms with Gasteiger partial charge >= 0.3 is 12.2 Å². The SMILES string of the molecule is CC[C@H](NC(=O)OC)C(=O)N1CCC[C@H]1c1nc2c(n1O)CCCc1cc(-c3ccc(-c4cnc([C@@H]5CCCN5C(=O)[C@@H](NC(=O)OC)C(C)C)[nH]4)cc3)ccc1-2. The largest absolute Gasteiger partial charge is 0.453 e. The average Bonchev–Trinajstić information content (AvgIpc) is 4.04. The van der Waals surface area contributed by atoms with E-state index in [1.165, 1.54) is 19.0 Å².